The molecule has 1 aromatic carbocycles. The van der Waals surface area contributed by atoms with Gasteiger partial charge in [-0.15, -0.1) is 0 Å². The molecule has 0 fully saturated rings. The lowest BCUT2D eigenvalue weighted by molar-refractivity contribution is 1.06. The summed E-state index contributed by atoms with van der Waals surface area (Å²) in [6.45, 7) is 0. The molecule has 7 heteroatoms. The fraction of sp³-hybridized carbons (Fsp3) is 0. The van der Waals surface area contributed by atoms with Crippen LogP contribution in [0.3, 0.4) is 0 Å². The van der Waals surface area contributed by atoms with Crippen LogP contribution >= 0.6 is 23.6 Å². The number of thiazole rings is 1. The number of benzene rings is 1. The molecule has 0 atom stereocenters. The summed E-state index contributed by atoms with van der Waals surface area (Å²) >= 11 is 6.69. The molecule has 112 valence electrons. The van der Waals surface area contributed by atoms with Gasteiger partial charge in [0, 0.05) is 23.6 Å². The van der Waals surface area contributed by atoms with Crippen LogP contribution in [0.5, 0.6) is 0 Å². The zero-order valence-corrected chi connectivity index (χ0v) is 13.4. The van der Waals surface area contributed by atoms with Crippen LogP contribution in [0.4, 0.5) is 0 Å². The van der Waals surface area contributed by atoms with E-state index < -0.39 is 0 Å². The Labute approximate surface area is 139 Å². The highest BCUT2D eigenvalue weighted by Crippen LogP contribution is 2.24. The van der Waals surface area contributed by atoms with Crippen molar-refractivity contribution in [1.29, 1.82) is 0 Å². The van der Waals surface area contributed by atoms with Crippen molar-refractivity contribution in [2.45, 2.75) is 0 Å². The fourth-order valence-corrected chi connectivity index (χ4v) is 3.63. The number of hydrogen-bond acceptors (Lipinski definition) is 5. The lowest BCUT2D eigenvalue weighted by Gasteiger charge is -2.05. The van der Waals surface area contributed by atoms with E-state index in [4.69, 9.17) is 12.2 Å². The quantitative estimate of drug-likeness (QED) is 0.568. The van der Waals surface area contributed by atoms with E-state index in [0.717, 1.165) is 11.3 Å². The summed E-state index contributed by atoms with van der Waals surface area (Å²) in [5.41, 5.74) is 2.01. The molecule has 0 unspecified atom stereocenters. The number of fused-ring (bicyclic) bond motifs is 1. The van der Waals surface area contributed by atoms with Gasteiger partial charge in [0.05, 0.1) is 0 Å². The second-order valence-corrected chi connectivity index (χ2v) is 6.49. The molecule has 23 heavy (non-hydrogen) atoms. The van der Waals surface area contributed by atoms with E-state index in [1.54, 1.807) is 18.5 Å². The SMILES string of the molecule is O=c1[nH]c(-c2cccnc2)nc2c1sc(=S)n2-c1ccccc1. The molecule has 4 aromatic rings. The van der Waals surface area contributed by atoms with Crippen LogP contribution in [-0.4, -0.2) is 19.5 Å². The number of hydrogen-bond donors (Lipinski definition) is 1. The van der Waals surface area contributed by atoms with Crippen molar-refractivity contribution in [1.82, 2.24) is 19.5 Å². The largest absolute Gasteiger partial charge is 0.305 e. The van der Waals surface area contributed by atoms with Gasteiger partial charge in [-0.2, -0.15) is 0 Å². The van der Waals surface area contributed by atoms with Crippen LogP contribution < -0.4 is 5.56 Å². The summed E-state index contributed by atoms with van der Waals surface area (Å²) in [7, 11) is 0. The molecule has 0 saturated heterocycles. The van der Waals surface area contributed by atoms with Gasteiger partial charge >= 0.3 is 0 Å². The van der Waals surface area contributed by atoms with Gasteiger partial charge in [0.15, 0.2) is 9.60 Å². The first kappa shape index (κ1) is 14.0. The van der Waals surface area contributed by atoms with Crippen LogP contribution in [0.1, 0.15) is 0 Å². The first-order chi connectivity index (χ1) is 11.2. The van der Waals surface area contributed by atoms with E-state index >= 15 is 0 Å². The summed E-state index contributed by atoms with van der Waals surface area (Å²) in [6.07, 6.45) is 3.34. The van der Waals surface area contributed by atoms with Gasteiger partial charge in [0.2, 0.25) is 0 Å². The van der Waals surface area contributed by atoms with Gasteiger partial charge < -0.3 is 4.98 Å². The molecule has 0 bridgehead atoms. The number of nitrogens with zero attached hydrogens (tertiary/aromatic N) is 3. The zero-order chi connectivity index (χ0) is 15.8. The normalized spacial score (nSPS) is 11.0. The molecule has 0 radical (unpaired) electrons. The first-order valence-corrected chi connectivity index (χ1v) is 8.08. The third-order valence-electron chi connectivity index (χ3n) is 3.39. The number of pyridine rings is 1. The molecule has 5 nitrogen and oxygen atoms in total. The lowest BCUT2D eigenvalue weighted by atomic mass is 10.2. The molecule has 1 N–H and O–H groups in total. The second-order valence-electron chi connectivity index (χ2n) is 4.85. The average Bonchev–Trinajstić information content (AvgIpc) is 2.93. The van der Waals surface area contributed by atoms with Crippen molar-refractivity contribution in [2.75, 3.05) is 0 Å². The number of para-hydroxylation sites is 1. The summed E-state index contributed by atoms with van der Waals surface area (Å²) in [5, 5.41) is 0. The van der Waals surface area contributed by atoms with Gasteiger partial charge in [-0.1, -0.05) is 29.5 Å². The van der Waals surface area contributed by atoms with Crippen molar-refractivity contribution in [3.63, 3.8) is 0 Å². The highest BCUT2D eigenvalue weighted by Gasteiger charge is 2.14. The smallest absolute Gasteiger partial charge is 0.270 e. The molecule has 0 amide bonds. The summed E-state index contributed by atoms with van der Waals surface area (Å²) in [6, 6.07) is 13.3. The lowest BCUT2D eigenvalue weighted by Crippen LogP contribution is -2.09. The van der Waals surface area contributed by atoms with Crippen molar-refractivity contribution >= 4 is 33.9 Å². The summed E-state index contributed by atoms with van der Waals surface area (Å²) < 4.78 is 2.93. The molecule has 0 aliphatic heterocycles. The van der Waals surface area contributed by atoms with Crippen molar-refractivity contribution in [2.24, 2.45) is 0 Å². The molecule has 0 aliphatic carbocycles. The van der Waals surface area contributed by atoms with Gasteiger partial charge in [0.25, 0.3) is 5.56 Å². The average molecular weight is 338 g/mol. The van der Waals surface area contributed by atoms with Crippen molar-refractivity contribution < 1.29 is 0 Å². The summed E-state index contributed by atoms with van der Waals surface area (Å²) in [5.74, 6) is 0.480. The van der Waals surface area contributed by atoms with Gasteiger partial charge in [-0.25, -0.2) is 4.98 Å². The summed E-state index contributed by atoms with van der Waals surface area (Å²) in [4.78, 5) is 23.9. The fourth-order valence-electron chi connectivity index (χ4n) is 2.36. The second kappa shape index (κ2) is 5.53. The van der Waals surface area contributed by atoms with Crippen molar-refractivity contribution in [3.05, 3.63) is 69.2 Å². The third-order valence-corrected chi connectivity index (χ3v) is 4.75. The number of rotatable bonds is 2. The highest BCUT2D eigenvalue weighted by atomic mass is 32.1. The number of aromatic amines is 1. The van der Waals surface area contributed by atoms with Crippen LogP contribution in [-0.2, 0) is 0 Å². The predicted molar refractivity (Wildman–Crippen MR) is 93.6 cm³/mol. The van der Waals surface area contributed by atoms with E-state index in [1.165, 1.54) is 11.3 Å². The first-order valence-electron chi connectivity index (χ1n) is 6.86. The van der Waals surface area contributed by atoms with Crippen LogP contribution in [0.15, 0.2) is 59.7 Å². The topological polar surface area (TPSA) is 63.6 Å². The molecular formula is C16H10N4OS2. The maximum absolute atomic E-state index is 12.4. The van der Waals surface area contributed by atoms with Crippen LogP contribution in [0, 0.1) is 3.95 Å². The highest BCUT2D eigenvalue weighted by molar-refractivity contribution is 7.73. The minimum atomic E-state index is -0.195. The standard InChI is InChI=1S/C16H10N4OS2/c21-15-12-14(18-13(19-15)10-5-4-8-17-9-10)20(16(22)23-12)11-6-2-1-3-7-11/h1-9H,(H,18,19,21). The maximum Gasteiger partial charge on any atom is 0.270 e. The van der Waals surface area contributed by atoms with Gasteiger partial charge in [0.1, 0.15) is 10.5 Å². The van der Waals surface area contributed by atoms with E-state index in [9.17, 15) is 4.79 Å². The minimum absolute atomic E-state index is 0.195. The van der Waals surface area contributed by atoms with Gasteiger partial charge in [-0.05, 0) is 36.5 Å². The third kappa shape index (κ3) is 2.39. The maximum atomic E-state index is 12.4. The zero-order valence-electron chi connectivity index (χ0n) is 11.8. The predicted octanol–water partition coefficient (Wildman–Crippen LogP) is 3.57. The Kier molecular flexibility index (Phi) is 3.36. The molecular weight excluding hydrogens is 328 g/mol. The molecule has 0 spiro atoms. The van der Waals surface area contributed by atoms with E-state index in [2.05, 4.69) is 15.0 Å². The van der Waals surface area contributed by atoms with E-state index in [-0.39, 0.29) is 5.56 Å². The van der Waals surface area contributed by atoms with Crippen molar-refractivity contribution in [3.8, 4) is 17.1 Å². The Hall–Kier alpha value is -2.64. The Bertz CT molecular complexity index is 1100. The Morgan fingerprint density at radius 1 is 1.13 bits per heavy atom. The van der Waals surface area contributed by atoms with Gasteiger partial charge in [-0.3, -0.25) is 14.3 Å². The Balaban J connectivity index is 2.06. The number of nitrogens with one attached hydrogen (secondary N) is 1. The van der Waals surface area contributed by atoms with E-state index in [0.29, 0.717) is 20.1 Å². The van der Waals surface area contributed by atoms with Crippen LogP contribution in [0.25, 0.3) is 27.4 Å². The molecule has 0 saturated carbocycles. The molecule has 4 rings (SSSR count). The molecule has 3 aromatic heterocycles. The molecule has 0 aliphatic rings. The number of H-pyrrole nitrogens is 1. The monoisotopic (exact) mass is 338 g/mol. The van der Waals surface area contributed by atoms with Crippen LogP contribution in [0.2, 0.25) is 0 Å². The number of aromatic nitrogens is 4. The minimum Gasteiger partial charge on any atom is -0.305 e. The Morgan fingerprint density at radius 2 is 1.96 bits per heavy atom. The van der Waals surface area contributed by atoms with E-state index in [1.807, 2.05) is 41.0 Å². The Morgan fingerprint density at radius 3 is 2.70 bits per heavy atom. The molecule has 3 heterocycles.